The maximum Gasteiger partial charge on any atom is 0.243 e. The Balaban J connectivity index is 1.26. The van der Waals surface area contributed by atoms with Crippen LogP contribution in [0.25, 0.3) is 11.4 Å². The molecular weight excluding hydrogens is 454 g/mol. The molecule has 0 N–H and O–H groups in total. The molecule has 3 fully saturated rings. The van der Waals surface area contributed by atoms with Crippen molar-refractivity contribution in [1.82, 2.24) is 24.2 Å². The van der Waals surface area contributed by atoms with E-state index in [1.807, 2.05) is 11.0 Å². The van der Waals surface area contributed by atoms with Gasteiger partial charge in [-0.05, 0) is 50.8 Å². The Morgan fingerprint density at radius 1 is 1.06 bits per heavy atom. The summed E-state index contributed by atoms with van der Waals surface area (Å²) in [4.78, 5) is 22.0. The van der Waals surface area contributed by atoms with Gasteiger partial charge in [-0.25, -0.2) is 8.42 Å². The van der Waals surface area contributed by atoms with E-state index in [1.54, 1.807) is 19.1 Å². The fraction of sp³-hybridized carbons (Fsp3) is 0.625. The van der Waals surface area contributed by atoms with Gasteiger partial charge in [0.1, 0.15) is 0 Å². The van der Waals surface area contributed by atoms with E-state index in [9.17, 15) is 13.2 Å². The molecule has 1 aliphatic carbocycles. The SMILES string of the molecule is CCN1CCN(C(=O)C2CCN(S(=O)(=O)c3cc(-c4noc(C5CC5)n4)ccc3C)CC2)CC1. The Bertz CT molecular complexity index is 1140. The number of likely N-dealkylation sites (N-methyl/N-ethyl adjacent to an activating group) is 1. The first-order chi connectivity index (χ1) is 16.4. The number of hydrogen-bond acceptors (Lipinski definition) is 7. The van der Waals surface area contributed by atoms with Crippen molar-refractivity contribution < 1.29 is 17.7 Å². The Kier molecular flexibility index (Phi) is 6.47. The monoisotopic (exact) mass is 487 g/mol. The van der Waals surface area contributed by atoms with Crippen LogP contribution < -0.4 is 0 Å². The van der Waals surface area contributed by atoms with Crippen LogP contribution >= 0.6 is 0 Å². The van der Waals surface area contributed by atoms with Gasteiger partial charge in [0.15, 0.2) is 0 Å². The molecule has 3 aliphatic rings. The molecule has 1 saturated carbocycles. The van der Waals surface area contributed by atoms with E-state index in [4.69, 9.17) is 4.52 Å². The van der Waals surface area contributed by atoms with Crippen LogP contribution in [-0.4, -0.2) is 84.4 Å². The Morgan fingerprint density at radius 2 is 1.76 bits per heavy atom. The molecule has 1 amide bonds. The zero-order valence-electron chi connectivity index (χ0n) is 19.9. The van der Waals surface area contributed by atoms with Crippen molar-refractivity contribution in [2.24, 2.45) is 5.92 Å². The van der Waals surface area contributed by atoms with Gasteiger partial charge in [-0.3, -0.25) is 4.79 Å². The van der Waals surface area contributed by atoms with Crippen LogP contribution in [-0.2, 0) is 14.8 Å². The number of rotatable bonds is 6. The van der Waals surface area contributed by atoms with E-state index in [2.05, 4.69) is 22.0 Å². The third-order valence-corrected chi connectivity index (χ3v) is 9.41. The summed E-state index contributed by atoms with van der Waals surface area (Å²) >= 11 is 0. The van der Waals surface area contributed by atoms with Crippen molar-refractivity contribution in [2.75, 3.05) is 45.8 Å². The number of carbonyl (C=O) groups is 1. The fourth-order valence-electron chi connectivity index (χ4n) is 4.89. The maximum atomic E-state index is 13.5. The molecule has 2 aliphatic heterocycles. The highest BCUT2D eigenvalue weighted by molar-refractivity contribution is 7.89. The molecule has 0 atom stereocenters. The van der Waals surface area contributed by atoms with Crippen LogP contribution in [0.3, 0.4) is 0 Å². The molecule has 184 valence electrons. The van der Waals surface area contributed by atoms with Crippen molar-refractivity contribution in [1.29, 1.82) is 0 Å². The van der Waals surface area contributed by atoms with Gasteiger partial charge in [-0.15, -0.1) is 0 Å². The summed E-state index contributed by atoms with van der Waals surface area (Å²) in [6.07, 6.45) is 3.23. The molecule has 34 heavy (non-hydrogen) atoms. The zero-order chi connectivity index (χ0) is 23.9. The minimum absolute atomic E-state index is 0.104. The van der Waals surface area contributed by atoms with Crippen molar-refractivity contribution >= 4 is 15.9 Å². The molecular formula is C24H33N5O4S. The van der Waals surface area contributed by atoms with Gasteiger partial charge in [-0.2, -0.15) is 9.29 Å². The molecule has 2 aromatic rings. The summed E-state index contributed by atoms with van der Waals surface area (Å²) in [6.45, 7) is 8.99. The van der Waals surface area contributed by atoms with Crippen LogP contribution in [0, 0.1) is 12.8 Å². The molecule has 0 radical (unpaired) electrons. The molecule has 0 spiro atoms. The Labute approximate surface area is 201 Å². The largest absolute Gasteiger partial charge is 0.340 e. The average Bonchev–Trinajstić information content (AvgIpc) is 3.60. The summed E-state index contributed by atoms with van der Waals surface area (Å²) in [5, 5.41) is 4.06. The quantitative estimate of drug-likeness (QED) is 0.617. The van der Waals surface area contributed by atoms with Crippen LogP contribution in [0.5, 0.6) is 0 Å². The van der Waals surface area contributed by atoms with Gasteiger partial charge in [0.2, 0.25) is 27.6 Å². The topological polar surface area (TPSA) is 99.8 Å². The lowest BCUT2D eigenvalue weighted by Gasteiger charge is -2.38. The third kappa shape index (κ3) is 4.63. The second-order valence-corrected chi connectivity index (χ2v) is 11.6. The van der Waals surface area contributed by atoms with Gasteiger partial charge in [0.25, 0.3) is 0 Å². The lowest BCUT2D eigenvalue weighted by Crippen LogP contribution is -2.51. The van der Waals surface area contributed by atoms with E-state index in [1.165, 1.54) is 4.31 Å². The maximum absolute atomic E-state index is 13.5. The van der Waals surface area contributed by atoms with Crippen LogP contribution in [0.2, 0.25) is 0 Å². The second kappa shape index (κ2) is 9.39. The first-order valence-electron chi connectivity index (χ1n) is 12.3. The number of amides is 1. The highest BCUT2D eigenvalue weighted by Gasteiger charge is 2.35. The summed E-state index contributed by atoms with van der Waals surface area (Å²) in [7, 11) is -3.69. The number of sulfonamides is 1. The van der Waals surface area contributed by atoms with Gasteiger partial charge >= 0.3 is 0 Å². The second-order valence-electron chi connectivity index (χ2n) is 9.65. The third-order valence-electron chi connectivity index (χ3n) is 7.37. The van der Waals surface area contributed by atoms with Gasteiger partial charge in [-0.1, -0.05) is 24.2 Å². The van der Waals surface area contributed by atoms with Gasteiger partial charge in [0.05, 0.1) is 4.90 Å². The average molecular weight is 488 g/mol. The molecule has 10 heteroatoms. The highest BCUT2D eigenvalue weighted by Crippen LogP contribution is 2.39. The molecule has 5 rings (SSSR count). The van der Waals surface area contributed by atoms with Crippen molar-refractivity contribution in [3.8, 4) is 11.4 Å². The molecule has 1 aromatic heterocycles. The Morgan fingerprint density at radius 3 is 2.41 bits per heavy atom. The number of carbonyl (C=O) groups excluding carboxylic acids is 1. The van der Waals surface area contributed by atoms with E-state index in [0.717, 1.165) is 45.6 Å². The summed E-state index contributed by atoms with van der Waals surface area (Å²) in [5.74, 6) is 1.46. The highest BCUT2D eigenvalue weighted by atomic mass is 32.2. The van der Waals surface area contributed by atoms with Crippen molar-refractivity contribution in [2.45, 2.75) is 50.3 Å². The number of nitrogens with zero attached hydrogens (tertiary/aromatic N) is 5. The van der Waals surface area contributed by atoms with E-state index >= 15 is 0 Å². The summed E-state index contributed by atoms with van der Waals surface area (Å²) in [6, 6.07) is 5.28. The molecule has 0 bridgehead atoms. The van der Waals surface area contributed by atoms with Crippen LogP contribution in [0.15, 0.2) is 27.6 Å². The Hall–Kier alpha value is -2.30. The summed E-state index contributed by atoms with van der Waals surface area (Å²) < 4.78 is 33.9. The molecule has 3 heterocycles. The normalized spacial score (nSPS) is 21.2. The van der Waals surface area contributed by atoms with Gasteiger partial charge in [0, 0.05) is 56.7 Å². The van der Waals surface area contributed by atoms with Crippen LogP contribution in [0.1, 0.15) is 50.0 Å². The van der Waals surface area contributed by atoms with Crippen molar-refractivity contribution in [3.63, 3.8) is 0 Å². The number of aryl methyl sites for hydroxylation is 1. The van der Waals surface area contributed by atoms with Crippen LogP contribution in [0.4, 0.5) is 0 Å². The molecule has 9 nitrogen and oxygen atoms in total. The predicted molar refractivity (Wildman–Crippen MR) is 127 cm³/mol. The van der Waals surface area contributed by atoms with E-state index < -0.39 is 10.0 Å². The predicted octanol–water partition coefficient (Wildman–Crippen LogP) is 2.49. The standard InChI is InChI=1S/C24H33N5O4S/c1-3-27-12-14-28(15-13-27)24(30)19-8-10-29(11-9-19)34(31,32)21-16-20(5-4-17(21)2)22-25-23(33-26-22)18-6-7-18/h4-5,16,18-19H,3,6-15H2,1-2H3. The molecule has 0 unspecified atom stereocenters. The lowest BCUT2D eigenvalue weighted by atomic mass is 9.96. The fourth-order valence-corrected chi connectivity index (χ4v) is 6.61. The number of benzene rings is 1. The zero-order valence-corrected chi connectivity index (χ0v) is 20.8. The number of piperidine rings is 1. The van der Waals surface area contributed by atoms with E-state index in [-0.39, 0.29) is 16.7 Å². The first-order valence-corrected chi connectivity index (χ1v) is 13.8. The van der Waals surface area contributed by atoms with Gasteiger partial charge < -0.3 is 14.3 Å². The minimum Gasteiger partial charge on any atom is -0.340 e. The minimum atomic E-state index is -3.69. The number of hydrogen-bond donors (Lipinski definition) is 0. The molecule has 2 saturated heterocycles. The smallest absolute Gasteiger partial charge is 0.243 e. The first kappa shape index (κ1) is 23.4. The van der Waals surface area contributed by atoms with Crippen molar-refractivity contribution in [3.05, 3.63) is 29.7 Å². The number of piperazine rings is 1. The van der Waals surface area contributed by atoms with E-state index in [0.29, 0.717) is 54.7 Å². The number of aromatic nitrogens is 2. The summed E-state index contributed by atoms with van der Waals surface area (Å²) in [5.41, 5.74) is 1.32. The molecule has 1 aromatic carbocycles. The lowest BCUT2D eigenvalue weighted by molar-refractivity contribution is -0.138.